The van der Waals surface area contributed by atoms with Gasteiger partial charge in [-0.15, -0.1) is 0 Å². The molecule has 0 radical (unpaired) electrons. The Labute approximate surface area is 133 Å². The molecule has 1 unspecified atom stereocenters. The average molecular weight is 346 g/mol. The van der Waals surface area contributed by atoms with Crippen LogP contribution in [0.4, 0.5) is 26.3 Å². The van der Waals surface area contributed by atoms with Gasteiger partial charge in [-0.1, -0.05) is 18.2 Å². The molecule has 3 rings (SSSR count). The second-order valence-corrected chi connectivity index (χ2v) is 5.74. The lowest BCUT2D eigenvalue weighted by molar-refractivity contribution is -0.138. The van der Waals surface area contributed by atoms with E-state index in [1.54, 1.807) is 0 Å². The van der Waals surface area contributed by atoms with E-state index in [0.29, 0.717) is 6.07 Å². The highest BCUT2D eigenvalue weighted by atomic mass is 19.4. The molecule has 0 saturated heterocycles. The Balaban J connectivity index is 2.21. The van der Waals surface area contributed by atoms with Crippen molar-refractivity contribution in [3.63, 3.8) is 0 Å². The van der Waals surface area contributed by atoms with Crippen molar-refractivity contribution >= 4 is 0 Å². The van der Waals surface area contributed by atoms with Crippen LogP contribution in [0.5, 0.6) is 0 Å². The predicted octanol–water partition coefficient (Wildman–Crippen LogP) is 4.96. The molecule has 2 aromatic carbocycles. The molecule has 24 heavy (non-hydrogen) atoms. The Bertz CT molecular complexity index is 781. The van der Waals surface area contributed by atoms with Gasteiger partial charge < -0.3 is 5.11 Å². The minimum Gasteiger partial charge on any atom is -0.392 e. The smallest absolute Gasteiger partial charge is 0.392 e. The molecule has 0 aliphatic heterocycles. The highest BCUT2D eigenvalue weighted by Gasteiger charge is 2.48. The lowest BCUT2D eigenvalue weighted by atomic mass is 9.88. The molecule has 0 spiro atoms. The topological polar surface area (TPSA) is 20.2 Å². The van der Waals surface area contributed by atoms with E-state index >= 15 is 0 Å². The molecular formula is C17H12F6O. The summed E-state index contributed by atoms with van der Waals surface area (Å²) in [6.07, 6.45) is -5.56. The van der Waals surface area contributed by atoms with Gasteiger partial charge in [-0.05, 0) is 29.3 Å². The van der Waals surface area contributed by atoms with Gasteiger partial charge in [0.15, 0.2) is 0 Å². The summed E-state index contributed by atoms with van der Waals surface area (Å²) in [5.41, 5.74) is -2.20. The number of hydrogen-bond acceptors (Lipinski definition) is 1. The molecule has 1 aliphatic carbocycles. The van der Waals surface area contributed by atoms with Crippen molar-refractivity contribution in [2.24, 2.45) is 0 Å². The Morgan fingerprint density at radius 2 is 1.75 bits per heavy atom. The van der Waals surface area contributed by atoms with Crippen LogP contribution in [0, 0.1) is 5.82 Å². The number of hydrogen-bond donors (Lipinski definition) is 1. The van der Waals surface area contributed by atoms with Crippen LogP contribution in [-0.2, 0) is 18.7 Å². The van der Waals surface area contributed by atoms with Gasteiger partial charge in [0.2, 0.25) is 0 Å². The molecule has 128 valence electrons. The number of aliphatic hydroxyl groups excluding tert-OH is 1. The number of rotatable bonds is 2. The van der Waals surface area contributed by atoms with E-state index in [-0.39, 0.29) is 16.7 Å². The van der Waals surface area contributed by atoms with Crippen LogP contribution >= 0.6 is 0 Å². The number of alkyl halides is 5. The van der Waals surface area contributed by atoms with Gasteiger partial charge >= 0.3 is 6.18 Å². The second-order valence-electron chi connectivity index (χ2n) is 5.74. The molecule has 0 fully saturated rings. The van der Waals surface area contributed by atoms with Gasteiger partial charge in [-0.3, -0.25) is 0 Å². The quantitative estimate of drug-likeness (QED) is 0.762. The second kappa shape index (κ2) is 5.51. The average Bonchev–Trinajstić information content (AvgIpc) is 2.77. The standard InChI is InChI=1S/C17H12F6O/c18-15-6-14-11(5-9(15)8-24)12(7-16(14,19)20)10-3-1-2-4-13(10)17(21,22)23/h1-6,12,24H,7-8H2. The van der Waals surface area contributed by atoms with Crippen LogP contribution in [0.1, 0.15) is 40.2 Å². The predicted molar refractivity (Wildman–Crippen MR) is 74.1 cm³/mol. The van der Waals surface area contributed by atoms with Crippen molar-refractivity contribution in [3.05, 3.63) is 70.0 Å². The first-order valence-corrected chi connectivity index (χ1v) is 7.12. The zero-order valence-electron chi connectivity index (χ0n) is 12.2. The van der Waals surface area contributed by atoms with E-state index in [0.717, 1.165) is 18.2 Å². The molecule has 1 aliphatic rings. The highest BCUT2D eigenvalue weighted by Crippen LogP contribution is 2.53. The van der Waals surface area contributed by atoms with Crippen molar-refractivity contribution < 1.29 is 31.4 Å². The Kier molecular flexibility index (Phi) is 3.86. The molecule has 0 aromatic heterocycles. The van der Waals surface area contributed by atoms with Gasteiger partial charge in [0.1, 0.15) is 5.82 Å². The summed E-state index contributed by atoms with van der Waals surface area (Å²) in [5.74, 6) is -5.66. The van der Waals surface area contributed by atoms with E-state index in [2.05, 4.69) is 0 Å². The fourth-order valence-electron chi connectivity index (χ4n) is 3.18. The minimum absolute atomic E-state index is 0.0813. The van der Waals surface area contributed by atoms with Crippen LogP contribution in [0.3, 0.4) is 0 Å². The van der Waals surface area contributed by atoms with Gasteiger partial charge in [0.05, 0.1) is 12.2 Å². The molecule has 0 saturated carbocycles. The highest BCUT2D eigenvalue weighted by molar-refractivity contribution is 5.49. The van der Waals surface area contributed by atoms with E-state index in [1.165, 1.54) is 12.1 Å². The summed E-state index contributed by atoms with van der Waals surface area (Å²) in [6, 6.07) is 6.16. The first-order chi connectivity index (χ1) is 11.1. The molecule has 7 heteroatoms. The van der Waals surface area contributed by atoms with Crippen LogP contribution in [0.25, 0.3) is 0 Å². The Morgan fingerprint density at radius 3 is 2.38 bits per heavy atom. The molecule has 1 atom stereocenters. The van der Waals surface area contributed by atoms with E-state index in [1.807, 2.05) is 0 Å². The number of benzene rings is 2. The summed E-state index contributed by atoms with van der Waals surface area (Å²) in [4.78, 5) is 0. The summed E-state index contributed by atoms with van der Waals surface area (Å²) in [5, 5.41) is 9.11. The fourth-order valence-corrected chi connectivity index (χ4v) is 3.18. The zero-order chi connectivity index (χ0) is 17.7. The van der Waals surface area contributed by atoms with Crippen molar-refractivity contribution in [2.75, 3.05) is 0 Å². The third-order valence-electron chi connectivity index (χ3n) is 4.26. The molecule has 0 heterocycles. The Morgan fingerprint density at radius 1 is 1.08 bits per heavy atom. The van der Waals surface area contributed by atoms with Crippen molar-refractivity contribution in [3.8, 4) is 0 Å². The Hall–Kier alpha value is -2.02. The maximum Gasteiger partial charge on any atom is 0.416 e. The summed E-state index contributed by atoms with van der Waals surface area (Å²) >= 11 is 0. The minimum atomic E-state index is -4.69. The molecule has 1 N–H and O–H groups in total. The lowest BCUT2D eigenvalue weighted by Crippen LogP contribution is -2.13. The van der Waals surface area contributed by atoms with Crippen molar-refractivity contribution in [1.29, 1.82) is 0 Å². The van der Waals surface area contributed by atoms with Crippen LogP contribution < -0.4 is 0 Å². The summed E-state index contributed by atoms with van der Waals surface area (Å²) in [6.45, 7) is -0.724. The monoisotopic (exact) mass is 346 g/mol. The normalized spacial score (nSPS) is 19.4. The molecule has 1 nitrogen and oxygen atoms in total. The molecular weight excluding hydrogens is 334 g/mol. The van der Waals surface area contributed by atoms with Crippen LogP contribution in [0.2, 0.25) is 0 Å². The van der Waals surface area contributed by atoms with Gasteiger partial charge in [0, 0.05) is 23.5 Å². The van der Waals surface area contributed by atoms with Gasteiger partial charge in [0.25, 0.3) is 5.92 Å². The fraction of sp³-hybridized carbons (Fsp3) is 0.294. The van der Waals surface area contributed by atoms with E-state index < -0.39 is 48.0 Å². The molecule has 0 amide bonds. The number of halogens is 6. The number of fused-ring (bicyclic) bond motifs is 1. The van der Waals surface area contributed by atoms with E-state index in [4.69, 9.17) is 5.11 Å². The van der Waals surface area contributed by atoms with Crippen LogP contribution in [-0.4, -0.2) is 5.11 Å². The summed E-state index contributed by atoms with van der Waals surface area (Å²) < 4.78 is 81.7. The van der Waals surface area contributed by atoms with Crippen LogP contribution in [0.15, 0.2) is 36.4 Å². The largest absolute Gasteiger partial charge is 0.416 e. The number of aliphatic hydroxyl groups is 1. The van der Waals surface area contributed by atoms with Crippen molar-refractivity contribution in [2.45, 2.75) is 31.0 Å². The third kappa shape index (κ3) is 2.66. The summed E-state index contributed by atoms with van der Waals surface area (Å²) in [7, 11) is 0. The molecule has 2 aromatic rings. The first kappa shape index (κ1) is 16.8. The first-order valence-electron chi connectivity index (χ1n) is 7.12. The third-order valence-corrected chi connectivity index (χ3v) is 4.26. The lowest BCUT2D eigenvalue weighted by Gasteiger charge is -2.19. The molecule has 0 bridgehead atoms. The van der Waals surface area contributed by atoms with Crippen molar-refractivity contribution in [1.82, 2.24) is 0 Å². The van der Waals surface area contributed by atoms with E-state index in [9.17, 15) is 26.3 Å². The SMILES string of the molecule is OCc1cc2c(cc1F)C(F)(F)CC2c1ccccc1C(F)(F)F. The maximum absolute atomic E-state index is 14.2. The van der Waals surface area contributed by atoms with Gasteiger partial charge in [-0.2, -0.15) is 13.2 Å². The zero-order valence-corrected chi connectivity index (χ0v) is 12.2. The maximum atomic E-state index is 14.2. The van der Waals surface area contributed by atoms with Gasteiger partial charge in [-0.25, -0.2) is 13.2 Å².